The van der Waals surface area contributed by atoms with Crippen LogP contribution < -0.4 is 0 Å². The number of carbonyl (C=O) groups excluding carboxylic acids is 1. The Kier molecular flexibility index (Phi) is 3.54. The van der Waals surface area contributed by atoms with Gasteiger partial charge in [-0.15, -0.1) is 0 Å². The van der Waals surface area contributed by atoms with E-state index in [0.717, 1.165) is 48.4 Å². The van der Waals surface area contributed by atoms with Crippen LogP contribution in [0.3, 0.4) is 0 Å². The van der Waals surface area contributed by atoms with Gasteiger partial charge in [-0.1, -0.05) is 23.5 Å². The fourth-order valence-electron chi connectivity index (χ4n) is 4.23. The molecule has 5 rings (SSSR count). The second-order valence-corrected chi connectivity index (χ2v) is 8.29. The van der Waals surface area contributed by atoms with E-state index < -0.39 is 0 Å². The molecule has 2 aliphatic rings. The smallest absolute Gasteiger partial charge is 0.195 e. The molecule has 3 heterocycles. The highest BCUT2D eigenvalue weighted by Crippen LogP contribution is 2.34. The normalized spacial score (nSPS) is 17.5. The average Bonchev–Trinajstić information content (AvgIpc) is 3.16. The molecule has 1 aliphatic carbocycles. The summed E-state index contributed by atoms with van der Waals surface area (Å²) in [4.78, 5) is 21.4. The van der Waals surface area contributed by atoms with Crippen molar-refractivity contribution in [2.75, 3.05) is 13.6 Å². The quantitative estimate of drug-likeness (QED) is 0.660. The minimum atomic E-state index is 0.716. The molecule has 2 aromatic heterocycles. The maximum atomic E-state index is 11.9. The maximum Gasteiger partial charge on any atom is 0.195 e. The summed E-state index contributed by atoms with van der Waals surface area (Å²) >= 11 is 1.73. The molecule has 0 unspecified atom stereocenters. The van der Waals surface area contributed by atoms with Crippen LogP contribution in [-0.4, -0.2) is 34.2 Å². The zero-order valence-corrected chi connectivity index (χ0v) is 15.2. The Balaban J connectivity index is 1.67. The molecule has 25 heavy (non-hydrogen) atoms. The molecule has 0 radical (unpaired) electrons. The highest BCUT2D eigenvalue weighted by molar-refractivity contribution is 7.17. The number of aldehydes is 1. The van der Waals surface area contributed by atoms with Gasteiger partial charge >= 0.3 is 0 Å². The molecule has 0 fully saturated rings. The lowest BCUT2D eigenvalue weighted by Crippen LogP contribution is -2.26. The molecule has 4 nitrogen and oxygen atoms in total. The van der Waals surface area contributed by atoms with Crippen LogP contribution in [0.2, 0.25) is 0 Å². The monoisotopic (exact) mass is 351 g/mol. The van der Waals surface area contributed by atoms with E-state index in [1.165, 1.54) is 41.0 Å². The lowest BCUT2D eigenvalue weighted by atomic mass is 9.90. The van der Waals surface area contributed by atoms with E-state index in [1.54, 1.807) is 11.3 Å². The first kappa shape index (κ1) is 15.3. The molecular formula is C20H21N3OS. The molecule has 1 aromatic carbocycles. The van der Waals surface area contributed by atoms with E-state index >= 15 is 0 Å². The Hall–Kier alpha value is -1.98. The van der Waals surface area contributed by atoms with Crippen LogP contribution in [0.5, 0.6) is 0 Å². The standard InChI is InChI=1S/C20H21N3OS/c1-22-9-8-16-18(11-22)25-20-21-19(17(12-24)23(16)20)15-7-6-13-4-2-3-5-14(13)10-15/h6-7,10,12H,2-5,8-9,11H2,1H3. The number of thiazole rings is 1. The summed E-state index contributed by atoms with van der Waals surface area (Å²) in [5, 5.41) is 0. The van der Waals surface area contributed by atoms with Gasteiger partial charge in [-0.2, -0.15) is 0 Å². The van der Waals surface area contributed by atoms with Gasteiger partial charge in [0.2, 0.25) is 0 Å². The predicted octanol–water partition coefficient (Wildman–Crippen LogP) is 3.74. The number of fused-ring (bicyclic) bond motifs is 4. The highest BCUT2D eigenvalue weighted by atomic mass is 32.1. The van der Waals surface area contributed by atoms with Crippen LogP contribution in [-0.2, 0) is 25.8 Å². The Morgan fingerprint density at radius 1 is 1.16 bits per heavy atom. The number of likely N-dealkylation sites (N-methyl/N-ethyl adjacent to an activating group) is 1. The topological polar surface area (TPSA) is 37.6 Å². The van der Waals surface area contributed by atoms with E-state index in [-0.39, 0.29) is 0 Å². The molecule has 1 aliphatic heterocycles. The summed E-state index contributed by atoms with van der Waals surface area (Å²) in [5.74, 6) is 0. The summed E-state index contributed by atoms with van der Waals surface area (Å²) in [6.07, 6.45) is 6.83. The summed E-state index contributed by atoms with van der Waals surface area (Å²) in [5.41, 5.74) is 6.81. The summed E-state index contributed by atoms with van der Waals surface area (Å²) in [7, 11) is 2.14. The van der Waals surface area contributed by atoms with E-state index in [2.05, 4.69) is 34.5 Å². The Labute approximate surface area is 151 Å². The Morgan fingerprint density at radius 2 is 2.00 bits per heavy atom. The number of aromatic nitrogens is 2. The third kappa shape index (κ3) is 2.37. The number of hydrogen-bond acceptors (Lipinski definition) is 4. The molecule has 5 heteroatoms. The average molecular weight is 351 g/mol. The highest BCUT2D eigenvalue weighted by Gasteiger charge is 2.25. The SMILES string of the molecule is CN1CCc2c(sc3nc(-c4ccc5c(c4)CCCC5)c(C=O)n23)C1. The van der Waals surface area contributed by atoms with Crippen molar-refractivity contribution in [3.63, 3.8) is 0 Å². The van der Waals surface area contributed by atoms with Crippen LogP contribution in [0.25, 0.3) is 16.2 Å². The van der Waals surface area contributed by atoms with Gasteiger partial charge in [-0.25, -0.2) is 4.98 Å². The van der Waals surface area contributed by atoms with Gasteiger partial charge in [-0.05, 0) is 49.9 Å². The van der Waals surface area contributed by atoms with Gasteiger partial charge in [0.15, 0.2) is 11.2 Å². The van der Waals surface area contributed by atoms with E-state index in [1.807, 2.05) is 0 Å². The molecule has 0 bridgehead atoms. The summed E-state index contributed by atoms with van der Waals surface area (Å²) in [6, 6.07) is 6.63. The lowest BCUT2D eigenvalue weighted by Gasteiger charge is -2.21. The van der Waals surface area contributed by atoms with Crippen molar-refractivity contribution in [2.45, 2.75) is 38.6 Å². The maximum absolute atomic E-state index is 11.9. The first-order chi connectivity index (χ1) is 12.2. The fraction of sp³-hybridized carbons (Fsp3) is 0.400. The number of nitrogens with zero attached hydrogens (tertiary/aromatic N) is 3. The minimum absolute atomic E-state index is 0.716. The fourth-order valence-corrected chi connectivity index (χ4v) is 5.49. The Morgan fingerprint density at radius 3 is 2.84 bits per heavy atom. The van der Waals surface area contributed by atoms with Gasteiger partial charge in [0, 0.05) is 35.6 Å². The van der Waals surface area contributed by atoms with Crippen molar-refractivity contribution in [1.29, 1.82) is 0 Å². The van der Waals surface area contributed by atoms with E-state index in [4.69, 9.17) is 4.98 Å². The minimum Gasteiger partial charge on any atom is -0.301 e. The first-order valence-electron chi connectivity index (χ1n) is 9.03. The van der Waals surface area contributed by atoms with Crippen LogP contribution in [0, 0.1) is 0 Å². The molecule has 128 valence electrons. The third-order valence-electron chi connectivity index (χ3n) is 5.57. The molecule has 0 saturated heterocycles. The molecule has 0 N–H and O–H groups in total. The summed E-state index contributed by atoms with van der Waals surface area (Å²) < 4.78 is 2.11. The second-order valence-electron chi connectivity index (χ2n) is 7.23. The zero-order chi connectivity index (χ0) is 17.0. The van der Waals surface area contributed by atoms with Crippen LogP contribution >= 0.6 is 11.3 Å². The van der Waals surface area contributed by atoms with Crippen molar-refractivity contribution in [2.24, 2.45) is 0 Å². The summed E-state index contributed by atoms with van der Waals surface area (Å²) in [6.45, 7) is 1.99. The number of rotatable bonds is 2. The number of carbonyl (C=O) groups is 1. The number of benzene rings is 1. The van der Waals surface area contributed by atoms with Crippen molar-refractivity contribution >= 4 is 22.6 Å². The van der Waals surface area contributed by atoms with Gasteiger partial charge in [-0.3, -0.25) is 9.20 Å². The largest absolute Gasteiger partial charge is 0.301 e. The molecule has 0 spiro atoms. The third-order valence-corrected chi connectivity index (χ3v) is 6.63. The molecule has 0 saturated carbocycles. The van der Waals surface area contributed by atoms with E-state index in [0.29, 0.717) is 5.69 Å². The van der Waals surface area contributed by atoms with Gasteiger partial charge in [0.25, 0.3) is 0 Å². The predicted molar refractivity (Wildman–Crippen MR) is 101 cm³/mol. The zero-order valence-electron chi connectivity index (χ0n) is 14.4. The van der Waals surface area contributed by atoms with Crippen molar-refractivity contribution in [1.82, 2.24) is 14.3 Å². The van der Waals surface area contributed by atoms with Crippen molar-refractivity contribution < 1.29 is 4.79 Å². The van der Waals surface area contributed by atoms with Gasteiger partial charge in [0.1, 0.15) is 11.4 Å². The van der Waals surface area contributed by atoms with Crippen LogP contribution in [0.15, 0.2) is 18.2 Å². The number of hydrogen-bond donors (Lipinski definition) is 0. The van der Waals surface area contributed by atoms with Crippen LogP contribution in [0.1, 0.15) is 45.0 Å². The van der Waals surface area contributed by atoms with Gasteiger partial charge < -0.3 is 4.90 Å². The first-order valence-corrected chi connectivity index (χ1v) is 9.85. The molecule has 0 atom stereocenters. The number of aryl methyl sites for hydroxylation is 2. The van der Waals surface area contributed by atoms with Crippen molar-refractivity contribution in [3.8, 4) is 11.3 Å². The lowest BCUT2D eigenvalue weighted by molar-refractivity contribution is 0.111. The molecule has 3 aromatic rings. The molecule has 0 amide bonds. The van der Waals surface area contributed by atoms with Gasteiger partial charge in [0.05, 0.1) is 0 Å². The van der Waals surface area contributed by atoms with Crippen LogP contribution in [0.4, 0.5) is 0 Å². The Bertz CT molecular complexity index is 985. The van der Waals surface area contributed by atoms with Crippen molar-refractivity contribution in [3.05, 3.63) is 45.6 Å². The molecular weight excluding hydrogens is 330 g/mol. The van der Waals surface area contributed by atoms with E-state index in [9.17, 15) is 4.79 Å². The second kappa shape index (κ2) is 5.78. The number of imidazole rings is 1.